The van der Waals surface area contributed by atoms with E-state index < -0.39 is 0 Å². The summed E-state index contributed by atoms with van der Waals surface area (Å²) in [6.45, 7) is 4.86. The number of nitrogens with one attached hydrogen (secondary N) is 1. The zero-order valence-electron chi connectivity index (χ0n) is 10.2. The predicted octanol–water partition coefficient (Wildman–Crippen LogP) is 1.70. The van der Waals surface area contributed by atoms with Crippen molar-refractivity contribution in [1.29, 1.82) is 0 Å². The van der Waals surface area contributed by atoms with Crippen LogP contribution in [-0.2, 0) is 4.79 Å². The number of carbonyl (C=O) groups excluding carboxylic acids is 1. The van der Waals surface area contributed by atoms with E-state index in [9.17, 15) is 4.79 Å². The lowest BCUT2D eigenvalue weighted by atomic mass is 9.96. The van der Waals surface area contributed by atoms with Crippen LogP contribution in [-0.4, -0.2) is 36.5 Å². The lowest BCUT2D eigenvalue weighted by Gasteiger charge is -2.38. The molecular weight excluding hydrogens is 200 g/mol. The van der Waals surface area contributed by atoms with Crippen molar-refractivity contribution < 1.29 is 4.79 Å². The Kier molecular flexibility index (Phi) is 3.99. The maximum atomic E-state index is 12.1. The minimum atomic E-state index is 0.321. The van der Waals surface area contributed by atoms with Crippen LogP contribution in [0, 0.1) is 0 Å². The van der Waals surface area contributed by atoms with Crippen molar-refractivity contribution in [3.8, 4) is 0 Å². The van der Waals surface area contributed by atoms with Gasteiger partial charge in [-0.3, -0.25) is 4.79 Å². The Labute approximate surface area is 97.9 Å². The molecule has 1 fully saturated rings. The molecule has 3 heteroatoms. The number of nitrogens with zero attached hydrogens (tertiary/aromatic N) is 1. The summed E-state index contributed by atoms with van der Waals surface area (Å²) < 4.78 is 0. The van der Waals surface area contributed by atoms with Crippen molar-refractivity contribution in [3.63, 3.8) is 0 Å². The summed E-state index contributed by atoms with van der Waals surface area (Å²) in [6, 6.07) is 0.446. The molecular formula is C13H22N2O. The van der Waals surface area contributed by atoms with E-state index in [-0.39, 0.29) is 0 Å². The van der Waals surface area contributed by atoms with Crippen LogP contribution < -0.4 is 5.32 Å². The quantitative estimate of drug-likeness (QED) is 0.734. The molecule has 2 rings (SSSR count). The van der Waals surface area contributed by atoms with Crippen LogP contribution in [0.3, 0.4) is 0 Å². The van der Waals surface area contributed by atoms with Gasteiger partial charge in [0.15, 0.2) is 0 Å². The van der Waals surface area contributed by atoms with Gasteiger partial charge in [-0.25, -0.2) is 0 Å². The molecule has 0 saturated carbocycles. The summed E-state index contributed by atoms with van der Waals surface area (Å²) in [6.07, 6.45) is 7.78. The monoisotopic (exact) mass is 222 g/mol. The van der Waals surface area contributed by atoms with Gasteiger partial charge in [0.05, 0.1) is 6.04 Å². The first kappa shape index (κ1) is 11.6. The molecule has 1 aliphatic heterocycles. The summed E-state index contributed by atoms with van der Waals surface area (Å²) in [5.74, 6) is 0.321. The van der Waals surface area contributed by atoms with Gasteiger partial charge in [0.1, 0.15) is 0 Å². The molecule has 1 amide bonds. The highest BCUT2D eigenvalue weighted by Gasteiger charge is 2.27. The second-order valence-corrected chi connectivity index (χ2v) is 4.78. The standard InChI is InChI=1S/C13H22N2O/c1-2-15(12-9-14-10-12)13(16)8-11-6-4-3-5-7-11/h6,12,14H,2-5,7-10H2,1H3. The van der Waals surface area contributed by atoms with Gasteiger partial charge in [-0.2, -0.15) is 0 Å². The van der Waals surface area contributed by atoms with Crippen LogP contribution in [0.4, 0.5) is 0 Å². The molecule has 0 unspecified atom stereocenters. The molecule has 0 spiro atoms. The van der Waals surface area contributed by atoms with Gasteiger partial charge in [-0.15, -0.1) is 0 Å². The maximum absolute atomic E-state index is 12.1. The van der Waals surface area contributed by atoms with E-state index in [0.717, 1.165) is 26.1 Å². The number of hydrogen-bond acceptors (Lipinski definition) is 2. The second kappa shape index (κ2) is 5.48. The van der Waals surface area contributed by atoms with Crippen molar-refractivity contribution in [1.82, 2.24) is 10.2 Å². The minimum Gasteiger partial charge on any atom is -0.337 e. The third-order valence-electron chi connectivity index (χ3n) is 3.63. The highest BCUT2D eigenvalue weighted by molar-refractivity contribution is 5.79. The van der Waals surface area contributed by atoms with Crippen LogP contribution in [0.15, 0.2) is 11.6 Å². The third kappa shape index (κ3) is 2.64. The Balaban J connectivity index is 1.87. The third-order valence-corrected chi connectivity index (χ3v) is 3.63. The summed E-state index contributed by atoms with van der Waals surface area (Å²) >= 11 is 0. The average molecular weight is 222 g/mol. The van der Waals surface area contributed by atoms with Gasteiger partial charge >= 0.3 is 0 Å². The number of allylic oxidation sites excluding steroid dienone is 1. The predicted molar refractivity (Wildman–Crippen MR) is 65.2 cm³/mol. The van der Waals surface area contributed by atoms with E-state index in [1.165, 1.54) is 24.8 Å². The Bertz CT molecular complexity index is 282. The van der Waals surface area contributed by atoms with E-state index in [0.29, 0.717) is 18.4 Å². The van der Waals surface area contributed by atoms with Crippen LogP contribution in [0.1, 0.15) is 39.0 Å². The fourth-order valence-electron chi connectivity index (χ4n) is 2.49. The van der Waals surface area contributed by atoms with Gasteiger partial charge < -0.3 is 10.2 Å². The fourth-order valence-corrected chi connectivity index (χ4v) is 2.49. The smallest absolute Gasteiger partial charge is 0.226 e. The molecule has 90 valence electrons. The first-order valence-corrected chi connectivity index (χ1v) is 6.49. The Morgan fingerprint density at radius 2 is 2.31 bits per heavy atom. The Hall–Kier alpha value is -0.830. The second-order valence-electron chi connectivity index (χ2n) is 4.78. The van der Waals surface area contributed by atoms with E-state index in [1.807, 2.05) is 4.90 Å². The Morgan fingerprint density at radius 1 is 1.50 bits per heavy atom. The van der Waals surface area contributed by atoms with Crippen molar-refractivity contribution in [2.75, 3.05) is 19.6 Å². The molecule has 1 saturated heterocycles. The van der Waals surface area contributed by atoms with E-state index in [4.69, 9.17) is 0 Å². The summed E-state index contributed by atoms with van der Waals surface area (Å²) in [7, 11) is 0. The van der Waals surface area contributed by atoms with Gasteiger partial charge in [0.2, 0.25) is 5.91 Å². The fraction of sp³-hybridized carbons (Fsp3) is 0.769. The number of amides is 1. The molecule has 3 nitrogen and oxygen atoms in total. The van der Waals surface area contributed by atoms with Gasteiger partial charge in [0, 0.05) is 26.1 Å². The van der Waals surface area contributed by atoms with Crippen LogP contribution in [0.5, 0.6) is 0 Å². The van der Waals surface area contributed by atoms with E-state index >= 15 is 0 Å². The molecule has 0 aromatic heterocycles. The number of hydrogen-bond donors (Lipinski definition) is 1. The Morgan fingerprint density at radius 3 is 2.81 bits per heavy atom. The van der Waals surface area contributed by atoms with Gasteiger partial charge in [-0.05, 0) is 32.6 Å². The topological polar surface area (TPSA) is 32.3 Å². The van der Waals surface area contributed by atoms with Gasteiger partial charge in [-0.1, -0.05) is 11.6 Å². The molecule has 0 bridgehead atoms. The van der Waals surface area contributed by atoms with Crippen LogP contribution in [0.25, 0.3) is 0 Å². The highest BCUT2D eigenvalue weighted by atomic mass is 16.2. The van der Waals surface area contributed by atoms with Gasteiger partial charge in [0.25, 0.3) is 0 Å². The lowest BCUT2D eigenvalue weighted by molar-refractivity contribution is -0.133. The number of carbonyl (C=O) groups is 1. The van der Waals surface area contributed by atoms with Crippen molar-refractivity contribution in [3.05, 3.63) is 11.6 Å². The van der Waals surface area contributed by atoms with E-state index in [1.54, 1.807) is 0 Å². The molecule has 2 aliphatic rings. The normalized spacial score (nSPS) is 21.2. The maximum Gasteiger partial charge on any atom is 0.226 e. The average Bonchev–Trinajstić information content (AvgIpc) is 2.24. The molecule has 0 atom stereocenters. The summed E-state index contributed by atoms with van der Waals surface area (Å²) in [5.41, 5.74) is 1.36. The number of likely N-dealkylation sites (N-methyl/N-ethyl adjacent to an activating group) is 1. The zero-order valence-corrected chi connectivity index (χ0v) is 10.2. The highest BCUT2D eigenvalue weighted by Crippen LogP contribution is 2.21. The van der Waals surface area contributed by atoms with Crippen LogP contribution >= 0.6 is 0 Å². The lowest BCUT2D eigenvalue weighted by Crippen LogP contribution is -2.58. The number of rotatable bonds is 4. The zero-order chi connectivity index (χ0) is 11.4. The van der Waals surface area contributed by atoms with Crippen molar-refractivity contribution in [2.24, 2.45) is 0 Å². The largest absolute Gasteiger partial charge is 0.337 e. The molecule has 1 N–H and O–H groups in total. The first-order chi connectivity index (χ1) is 7.81. The molecule has 1 heterocycles. The minimum absolute atomic E-state index is 0.321. The molecule has 16 heavy (non-hydrogen) atoms. The van der Waals surface area contributed by atoms with Crippen LogP contribution in [0.2, 0.25) is 0 Å². The van der Waals surface area contributed by atoms with E-state index in [2.05, 4.69) is 18.3 Å². The molecule has 1 aliphatic carbocycles. The first-order valence-electron chi connectivity index (χ1n) is 6.49. The van der Waals surface area contributed by atoms with Crippen molar-refractivity contribution in [2.45, 2.75) is 45.1 Å². The summed E-state index contributed by atoms with van der Waals surface area (Å²) in [5, 5.41) is 3.23. The molecule has 0 radical (unpaired) electrons. The molecule has 0 aromatic carbocycles. The molecule has 0 aromatic rings. The SMILES string of the molecule is CCN(C(=O)CC1=CCCCC1)C1CNC1. The van der Waals surface area contributed by atoms with Crippen molar-refractivity contribution >= 4 is 5.91 Å². The summed E-state index contributed by atoms with van der Waals surface area (Å²) in [4.78, 5) is 14.2.